The first-order chi connectivity index (χ1) is 15.1. The topological polar surface area (TPSA) is 60.9 Å². The minimum atomic E-state index is -0.0404. The highest BCUT2D eigenvalue weighted by atomic mass is 32.1. The molecule has 0 N–H and O–H groups in total. The Morgan fingerprint density at radius 2 is 1.90 bits per heavy atom. The number of nitrogens with zero attached hydrogens (tertiary/aromatic N) is 2. The zero-order valence-corrected chi connectivity index (χ0v) is 18.8. The molecule has 4 rings (SSSR count). The first-order valence-corrected chi connectivity index (χ1v) is 11.1. The smallest absolute Gasteiger partial charge is 0.254 e. The van der Waals surface area contributed by atoms with Crippen LogP contribution in [0.1, 0.15) is 45.5 Å². The van der Waals surface area contributed by atoms with Crippen LogP contribution in [0.2, 0.25) is 0 Å². The molecular formula is C24H26N2O4S. The van der Waals surface area contributed by atoms with E-state index < -0.39 is 0 Å². The molecule has 0 saturated carbocycles. The van der Waals surface area contributed by atoms with Crippen molar-refractivity contribution in [2.75, 3.05) is 20.8 Å². The summed E-state index contributed by atoms with van der Waals surface area (Å²) in [6.45, 7) is 3.11. The molecule has 1 amide bonds. The van der Waals surface area contributed by atoms with Crippen molar-refractivity contribution < 1.29 is 19.0 Å². The lowest BCUT2D eigenvalue weighted by molar-refractivity contribution is 0.0734. The van der Waals surface area contributed by atoms with Crippen LogP contribution in [-0.2, 0) is 6.61 Å². The van der Waals surface area contributed by atoms with E-state index in [9.17, 15) is 4.79 Å². The maximum absolute atomic E-state index is 13.3. The number of likely N-dealkylation sites (tertiary alicyclic amines) is 1. The first kappa shape index (κ1) is 21.2. The predicted molar refractivity (Wildman–Crippen MR) is 120 cm³/mol. The summed E-state index contributed by atoms with van der Waals surface area (Å²) in [6, 6.07) is 13.0. The van der Waals surface area contributed by atoms with Gasteiger partial charge in [-0.15, -0.1) is 11.3 Å². The van der Waals surface area contributed by atoms with E-state index in [-0.39, 0.29) is 11.9 Å². The Bertz CT molecular complexity index is 1050. The standard InChI is InChI=1S/C24H26N2O4S/c1-16-25-18(15-31-16)14-30-19-8-6-17(7-9-19)24(27)26-12-4-5-22(26)21-13-20(28-2)10-11-23(21)29-3/h6-11,13,15,22H,4-5,12,14H2,1-3H3. The summed E-state index contributed by atoms with van der Waals surface area (Å²) in [4.78, 5) is 19.6. The quantitative estimate of drug-likeness (QED) is 0.518. The van der Waals surface area contributed by atoms with E-state index in [1.807, 2.05) is 59.7 Å². The van der Waals surface area contributed by atoms with Crippen molar-refractivity contribution in [1.29, 1.82) is 0 Å². The lowest BCUT2D eigenvalue weighted by Gasteiger charge is -2.27. The Morgan fingerprint density at radius 1 is 1.13 bits per heavy atom. The molecule has 1 aliphatic heterocycles. The number of benzene rings is 2. The molecule has 1 fully saturated rings. The molecule has 0 bridgehead atoms. The Labute approximate surface area is 186 Å². The average Bonchev–Trinajstić information content (AvgIpc) is 3.46. The molecule has 1 aliphatic rings. The minimum Gasteiger partial charge on any atom is -0.497 e. The van der Waals surface area contributed by atoms with Crippen LogP contribution in [0.25, 0.3) is 0 Å². The van der Waals surface area contributed by atoms with Gasteiger partial charge in [0.1, 0.15) is 23.9 Å². The van der Waals surface area contributed by atoms with Crippen molar-refractivity contribution in [3.8, 4) is 17.2 Å². The van der Waals surface area contributed by atoms with Gasteiger partial charge in [0, 0.05) is 23.1 Å². The number of aromatic nitrogens is 1. The lowest BCUT2D eigenvalue weighted by atomic mass is 10.0. The fourth-order valence-corrected chi connectivity index (χ4v) is 4.52. The van der Waals surface area contributed by atoms with Crippen molar-refractivity contribution in [2.45, 2.75) is 32.4 Å². The predicted octanol–water partition coefficient (Wildman–Crippen LogP) is 5.03. The van der Waals surface area contributed by atoms with Gasteiger partial charge in [0.2, 0.25) is 0 Å². The molecule has 2 heterocycles. The number of hydrogen-bond donors (Lipinski definition) is 0. The van der Waals surface area contributed by atoms with Crippen LogP contribution in [0.5, 0.6) is 17.2 Å². The van der Waals surface area contributed by atoms with Gasteiger partial charge in [-0.05, 0) is 62.2 Å². The molecule has 0 radical (unpaired) electrons. The highest BCUT2D eigenvalue weighted by Gasteiger charge is 2.32. The summed E-state index contributed by atoms with van der Waals surface area (Å²) in [6.07, 6.45) is 1.84. The largest absolute Gasteiger partial charge is 0.497 e. The van der Waals surface area contributed by atoms with Gasteiger partial charge in [0.05, 0.1) is 31.0 Å². The second-order valence-corrected chi connectivity index (χ2v) is 8.50. The third kappa shape index (κ3) is 4.66. The molecule has 1 atom stereocenters. The summed E-state index contributed by atoms with van der Waals surface area (Å²) in [7, 11) is 3.29. The Morgan fingerprint density at radius 3 is 2.58 bits per heavy atom. The fourth-order valence-electron chi connectivity index (χ4n) is 3.92. The van der Waals surface area contributed by atoms with Crippen molar-refractivity contribution in [1.82, 2.24) is 9.88 Å². The summed E-state index contributed by atoms with van der Waals surface area (Å²) in [5.74, 6) is 2.25. The van der Waals surface area contributed by atoms with E-state index >= 15 is 0 Å². The number of thiazole rings is 1. The van der Waals surface area contributed by atoms with Gasteiger partial charge < -0.3 is 19.1 Å². The molecular weight excluding hydrogens is 412 g/mol. The van der Waals surface area contributed by atoms with Crippen LogP contribution in [-0.4, -0.2) is 36.6 Å². The molecule has 0 spiro atoms. The maximum atomic E-state index is 13.3. The second-order valence-electron chi connectivity index (χ2n) is 7.44. The first-order valence-electron chi connectivity index (χ1n) is 10.3. The van der Waals surface area contributed by atoms with Crippen LogP contribution in [0, 0.1) is 6.92 Å². The second kappa shape index (κ2) is 9.39. The Balaban J connectivity index is 1.48. The molecule has 3 aromatic rings. The highest BCUT2D eigenvalue weighted by molar-refractivity contribution is 7.09. The van der Waals surface area contributed by atoms with E-state index in [1.54, 1.807) is 25.6 Å². The highest BCUT2D eigenvalue weighted by Crippen LogP contribution is 2.39. The maximum Gasteiger partial charge on any atom is 0.254 e. The van der Waals surface area contributed by atoms with Gasteiger partial charge in [0.15, 0.2) is 0 Å². The Hall–Kier alpha value is -3.06. The van der Waals surface area contributed by atoms with Crippen molar-refractivity contribution in [3.05, 3.63) is 69.7 Å². The molecule has 0 aliphatic carbocycles. The van der Waals surface area contributed by atoms with E-state index in [1.165, 1.54) is 0 Å². The van der Waals surface area contributed by atoms with E-state index in [4.69, 9.17) is 14.2 Å². The number of rotatable bonds is 7. The van der Waals surface area contributed by atoms with Crippen molar-refractivity contribution >= 4 is 17.2 Å². The van der Waals surface area contributed by atoms with Gasteiger partial charge in [0.25, 0.3) is 5.91 Å². The van der Waals surface area contributed by atoms with Crippen LogP contribution in [0.3, 0.4) is 0 Å². The third-order valence-corrected chi connectivity index (χ3v) is 6.29. The van der Waals surface area contributed by atoms with Crippen LogP contribution in [0.15, 0.2) is 47.8 Å². The fraction of sp³-hybridized carbons (Fsp3) is 0.333. The normalized spacial score (nSPS) is 15.7. The van der Waals surface area contributed by atoms with Gasteiger partial charge >= 0.3 is 0 Å². The monoisotopic (exact) mass is 438 g/mol. The van der Waals surface area contributed by atoms with E-state index in [2.05, 4.69) is 4.98 Å². The number of methoxy groups -OCH3 is 2. The minimum absolute atomic E-state index is 0.00838. The number of amides is 1. The molecule has 2 aromatic carbocycles. The molecule has 162 valence electrons. The molecule has 1 unspecified atom stereocenters. The van der Waals surface area contributed by atoms with E-state index in [0.717, 1.165) is 46.4 Å². The summed E-state index contributed by atoms with van der Waals surface area (Å²) < 4.78 is 16.7. The number of carbonyl (C=O) groups is 1. The Kier molecular flexibility index (Phi) is 6.42. The lowest BCUT2D eigenvalue weighted by Crippen LogP contribution is -2.30. The summed E-state index contributed by atoms with van der Waals surface area (Å²) in [5.41, 5.74) is 2.53. The molecule has 31 heavy (non-hydrogen) atoms. The van der Waals surface area contributed by atoms with Gasteiger partial charge in [-0.3, -0.25) is 4.79 Å². The summed E-state index contributed by atoms with van der Waals surface area (Å²) >= 11 is 1.61. The van der Waals surface area contributed by atoms with Gasteiger partial charge in [-0.25, -0.2) is 4.98 Å². The van der Waals surface area contributed by atoms with Crippen LogP contribution < -0.4 is 14.2 Å². The van der Waals surface area contributed by atoms with Crippen molar-refractivity contribution in [2.24, 2.45) is 0 Å². The molecule has 1 aromatic heterocycles. The molecule has 6 nitrogen and oxygen atoms in total. The van der Waals surface area contributed by atoms with E-state index in [0.29, 0.717) is 18.7 Å². The SMILES string of the molecule is COc1ccc(OC)c(C2CCCN2C(=O)c2ccc(OCc3csc(C)n3)cc2)c1. The van der Waals surface area contributed by atoms with Crippen LogP contribution >= 0.6 is 11.3 Å². The average molecular weight is 439 g/mol. The van der Waals surface area contributed by atoms with Gasteiger partial charge in [-0.1, -0.05) is 0 Å². The molecule has 7 heteroatoms. The van der Waals surface area contributed by atoms with Crippen LogP contribution in [0.4, 0.5) is 0 Å². The molecule has 1 saturated heterocycles. The number of aryl methyl sites for hydroxylation is 1. The zero-order chi connectivity index (χ0) is 21.8. The van der Waals surface area contributed by atoms with Gasteiger partial charge in [-0.2, -0.15) is 0 Å². The number of ether oxygens (including phenoxy) is 3. The number of hydrogen-bond acceptors (Lipinski definition) is 6. The number of carbonyl (C=O) groups excluding carboxylic acids is 1. The third-order valence-electron chi connectivity index (χ3n) is 5.46. The summed E-state index contributed by atoms with van der Waals surface area (Å²) in [5, 5.41) is 3.01. The van der Waals surface area contributed by atoms with Crippen molar-refractivity contribution in [3.63, 3.8) is 0 Å². The zero-order valence-electron chi connectivity index (χ0n) is 18.0.